The van der Waals surface area contributed by atoms with Gasteiger partial charge < -0.3 is 14.4 Å². The first kappa shape index (κ1) is 17.7. The number of fused-ring (bicyclic) bond motifs is 2. The molecule has 0 saturated carbocycles. The maximum Gasteiger partial charge on any atom is 0.120 e. The van der Waals surface area contributed by atoms with Gasteiger partial charge in [-0.1, -0.05) is 17.8 Å². The fraction of sp³-hybridized carbons (Fsp3) is 0.429. The van der Waals surface area contributed by atoms with Gasteiger partial charge in [0.15, 0.2) is 0 Å². The number of piperazine rings is 1. The molecule has 1 unspecified atom stereocenters. The van der Waals surface area contributed by atoms with E-state index in [0.717, 1.165) is 44.1 Å². The maximum absolute atomic E-state index is 5.53. The minimum atomic E-state index is 0.385. The van der Waals surface area contributed by atoms with E-state index in [0.29, 0.717) is 6.04 Å². The molecule has 0 radical (unpaired) electrons. The second-order valence-corrected chi connectivity index (χ2v) is 8.12. The molecule has 0 spiro atoms. The van der Waals surface area contributed by atoms with E-state index in [9.17, 15) is 0 Å². The Morgan fingerprint density at radius 2 is 1.58 bits per heavy atom. The van der Waals surface area contributed by atoms with Crippen LogP contribution in [0.1, 0.15) is 17.2 Å². The van der Waals surface area contributed by atoms with E-state index in [4.69, 9.17) is 9.47 Å². The normalized spacial score (nSPS) is 20.8. The molecule has 2 aromatic carbocycles. The maximum atomic E-state index is 5.53. The third kappa shape index (κ3) is 3.43. The van der Waals surface area contributed by atoms with Crippen molar-refractivity contribution >= 4 is 11.8 Å². The first-order valence-corrected chi connectivity index (χ1v) is 9.95. The highest BCUT2D eigenvalue weighted by Gasteiger charge is 2.30. The monoisotopic (exact) mass is 370 g/mol. The molecule has 1 fully saturated rings. The zero-order chi connectivity index (χ0) is 18.1. The molecule has 0 aliphatic carbocycles. The Bertz CT molecular complexity index is 788. The Morgan fingerprint density at radius 3 is 2.31 bits per heavy atom. The summed E-state index contributed by atoms with van der Waals surface area (Å²) in [7, 11) is 5.68. The number of likely N-dealkylation sites (N-methyl/N-ethyl adjacent to an activating group) is 1. The first-order chi connectivity index (χ1) is 12.7. The van der Waals surface area contributed by atoms with Crippen LogP contribution in [0.5, 0.6) is 11.5 Å². The van der Waals surface area contributed by atoms with Crippen LogP contribution >= 0.6 is 11.8 Å². The molecule has 2 heterocycles. The Morgan fingerprint density at radius 1 is 0.885 bits per heavy atom. The van der Waals surface area contributed by atoms with Crippen molar-refractivity contribution in [1.29, 1.82) is 0 Å². The third-order valence-corrected chi connectivity index (χ3v) is 6.65. The predicted octanol–water partition coefficient (Wildman–Crippen LogP) is 3.70. The first-order valence-electron chi connectivity index (χ1n) is 9.13. The lowest BCUT2D eigenvalue weighted by atomic mass is 9.96. The average Bonchev–Trinajstić information content (AvgIpc) is 2.84. The van der Waals surface area contributed by atoms with Gasteiger partial charge in [0.05, 0.1) is 14.2 Å². The van der Waals surface area contributed by atoms with E-state index in [1.54, 1.807) is 14.2 Å². The highest BCUT2D eigenvalue weighted by Crippen LogP contribution is 2.45. The van der Waals surface area contributed by atoms with Crippen LogP contribution in [0.3, 0.4) is 0 Å². The number of rotatable bonds is 3. The lowest BCUT2D eigenvalue weighted by Gasteiger charge is -2.38. The lowest BCUT2D eigenvalue weighted by Crippen LogP contribution is -2.46. The van der Waals surface area contributed by atoms with Crippen LogP contribution in [0.15, 0.2) is 46.2 Å². The fourth-order valence-corrected chi connectivity index (χ4v) is 4.97. The minimum Gasteiger partial charge on any atom is -0.497 e. The second-order valence-electron chi connectivity index (χ2n) is 7.04. The SMILES string of the molecule is COc1ccc2c(c1)Sc1ccc(OC)cc1C(N1CCN(C)CC1)C2. The molecule has 0 N–H and O–H groups in total. The smallest absolute Gasteiger partial charge is 0.120 e. The zero-order valence-electron chi connectivity index (χ0n) is 15.7. The largest absolute Gasteiger partial charge is 0.497 e. The van der Waals surface area contributed by atoms with Gasteiger partial charge in [-0.15, -0.1) is 0 Å². The van der Waals surface area contributed by atoms with Crippen LogP contribution in [0, 0.1) is 0 Å². The molecule has 2 aromatic rings. The van der Waals surface area contributed by atoms with Gasteiger partial charge in [0.1, 0.15) is 11.5 Å². The van der Waals surface area contributed by atoms with Crippen LogP contribution < -0.4 is 9.47 Å². The van der Waals surface area contributed by atoms with Gasteiger partial charge in [-0.05, 0) is 54.9 Å². The molecule has 2 aliphatic rings. The summed E-state index contributed by atoms with van der Waals surface area (Å²) < 4.78 is 11.0. The summed E-state index contributed by atoms with van der Waals surface area (Å²) >= 11 is 1.85. The van der Waals surface area contributed by atoms with Gasteiger partial charge in [-0.25, -0.2) is 0 Å². The van der Waals surface area contributed by atoms with Gasteiger partial charge >= 0.3 is 0 Å². The van der Waals surface area contributed by atoms with E-state index >= 15 is 0 Å². The summed E-state index contributed by atoms with van der Waals surface area (Å²) in [6.45, 7) is 4.46. The number of nitrogens with zero attached hydrogens (tertiary/aromatic N) is 2. The van der Waals surface area contributed by atoms with Gasteiger partial charge in [0, 0.05) is 42.0 Å². The van der Waals surface area contributed by atoms with E-state index in [1.807, 2.05) is 11.8 Å². The zero-order valence-corrected chi connectivity index (χ0v) is 16.5. The number of hydrogen-bond donors (Lipinski definition) is 0. The molecule has 0 amide bonds. The molecule has 5 heteroatoms. The molecule has 0 aromatic heterocycles. The molecular formula is C21H26N2O2S. The van der Waals surface area contributed by atoms with Gasteiger partial charge in [0.2, 0.25) is 0 Å². The van der Waals surface area contributed by atoms with E-state index in [1.165, 1.54) is 20.9 Å². The Kier molecular flexibility index (Phi) is 5.11. The van der Waals surface area contributed by atoms with Crippen LogP contribution in [0.25, 0.3) is 0 Å². The van der Waals surface area contributed by atoms with Crippen LogP contribution in [-0.4, -0.2) is 57.2 Å². The van der Waals surface area contributed by atoms with Crippen LogP contribution in [-0.2, 0) is 6.42 Å². The molecule has 0 bridgehead atoms. The van der Waals surface area contributed by atoms with Crippen LogP contribution in [0.4, 0.5) is 0 Å². The molecule has 26 heavy (non-hydrogen) atoms. The van der Waals surface area contributed by atoms with Crippen molar-refractivity contribution < 1.29 is 9.47 Å². The number of methoxy groups -OCH3 is 2. The number of benzene rings is 2. The molecule has 4 nitrogen and oxygen atoms in total. The Labute approximate surface area is 160 Å². The van der Waals surface area contributed by atoms with E-state index < -0.39 is 0 Å². The van der Waals surface area contributed by atoms with Crippen LogP contribution in [0.2, 0.25) is 0 Å². The standard InChI is InChI=1S/C21H26N2O2S/c1-22-8-10-23(11-9-22)19-12-15-4-5-17(25-3)14-21(15)26-20-7-6-16(24-2)13-18(19)20/h4-7,13-14,19H,8-12H2,1-3H3. The molecular weight excluding hydrogens is 344 g/mol. The Hall–Kier alpha value is -1.69. The van der Waals surface area contributed by atoms with Crippen molar-refractivity contribution in [2.24, 2.45) is 0 Å². The molecule has 1 saturated heterocycles. The highest BCUT2D eigenvalue weighted by molar-refractivity contribution is 7.99. The van der Waals surface area contributed by atoms with Crippen molar-refractivity contribution in [2.45, 2.75) is 22.3 Å². The fourth-order valence-electron chi connectivity index (χ4n) is 3.83. The second kappa shape index (κ2) is 7.51. The third-order valence-electron chi connectivity index (χ3n) is 5.46. The summed E-state index contributed by atoms with van der Waals surface area (Å²) in [5.74, 6) is 1.86. The van der Waals surface area contributed by atoms with Gasteiger partial charge in [0.25, 0.3) is 0 Å². The molecule has 138 valence electrons. The summed E-state index contributed by atoms with van der Waals surface area (Å²) in [6, 6.07) is 13.4. The Balaban J connectivity index is 1.76. The number of ether oxygens (including phenoxy) is 2. The van der Waals surface area contributed by atoms with Gasteiger partial charge in [-0.2, -0.15) is 0 Å². The van der Waals surface area contributed by atoms with E-state index in [-0.39, 0.29) is 0 Å². The van der Waals surface area contributed by atoms with Gasteiger partial charge in [-0.3, -0.25) is 4.90 Å². The molecule has 1 atom stereocenters. The number of hydrogen-bond acceptors (Lipinski definition) is 5. The van der Waals surface area contributed by atoms with Crippen molar-refractivity contribution in [2.75, 3.05) is 47.4 Å². The van der Waals surface area contributed by atoms with Crippen molar-refractivity contribution in [1.82, 2.24) is 9.80 Å². The lowest BCUT2D eigenvalue weighted by molar-refractivity contribution is 0.109. The van der Waals surface area contributed by atoms with Crippen molar-refractivity contribution in [3.63, 3.8) is 0 Å². The topological polar surface area (TPSA) is 24.9 Å². The highest BCUT2D eigenvalue weighted by atomic mass is 32.2. The summed E-state index contributed by atoms with van der Waals surface area (Å²) in [4.78, 5) is 7.67. The molecule has 2 aliphatic heterocycles. The predicted molar refractivity (Wildman–Crippen MR) is 106 cm³/mol. The minimum absolute atomic E-state index is 0.385. The molecule has 4 rings (SSSR count). The summed E-state index contributed by atoms with van der Waals surface area (Å²) in [6.07, 6.45) is 1.02. The van der Waals surface area contributed by atoms with E-state index in [2.05, 4.69) is 53.2 Å². The average molecular weight is 371 g/mol. The summed E-state index contributed by atoms with van der Waals surface area (Å²) in [5, 5.41) is 0. The van der Waals surface area contributed by atoms with Crippen molar-refractivity contribution in [3.05, 3.63) is 47.5 Å². The quantitative estimate of drug-likeness (QED) is 0.820. The summed E-state index contributed by atoms with van der Waals surface area (Å²) in [5.41, 5.74) is 2.78. The van der Waals surface area contributed by atoms with Crippen molar-refractivity contribution in [3.8, 4) is 11.5 Å².